The molecule has 1 fully saturated rings. The smallest absolute Gasteiger partial charge is 0.353 e. The van der Waals surface area contributed by atoms with Crippen LogP contribution in [-0.4, -0.2) is 78.6 Å². The number of oxime groups is 1. The highest BCUT2D eigenvalue weighted by atomic mass is 32.2. The van der Waals surface area contributed by atoms with E-state index in [2.05, 4.69) is 19.8 Å². The summed E-state index contributed by atoms with van der Waals surface area (Å²) in [5, 5.41) is 15.1. The number of esters is 2. The summed E-state index contributed by atoms with van der Waals surface area (Å²) in [6.45, 7) is 3.51. The largest absolute Gasteiger partial charge is 0.477 e. The van der Waals surface area contributed by atoms with E-state index in [1.54, 1.807) is 13.8 Å². The van der Waals surface area contributed by atoms with Crippen molar-refractivity contribution in [2.24, 2.45) is 5.16 Å². The van der Waals surface area contributed by atoms with Crippen molar-refractivity contribution in [2.75, 3.05) is 18.1 Å². The number of amides is 2. The van der Waals surface area contributed by atoms with Crippen molar-refractivity contribution in [3.63, 3.8) is 0 Å². The van der Waals surface area contributed by atoms with Crippen LogP contribution in [0.2, 0.25) is 0 Å². The molecule has 0 saturated carbocycles. The molecule has 14 nitrogen and oxygen atoms in total. The number of hydrogen-bond donors (Lipinski definition) is 3. The third-order valence-electron chi connectivity index (χ3n) is 4.52. The molecule has 2 aliphatic rings. The van der Waals surface area contributed by atoms with E-state index in [4.69, 9.17) is 15.3 Å². The van der Waals surface area contributed by atoms with Crippen LogP contribution in [0.3, 0.4) is 0 Å². The number of aromatic nitrogens is 2. The monoisotopic (exact) mass is 512 g/mol. The van der Waals surface area contributed by atoms with Gasteiger partial charge in [-0.3, -0.25) is 19.3 Å². The molecule has 2 atom stereocenters. The maximum atomic E-state index is 12.8. The second-order valence-corrected chi connectivity index (χ2v) is 8.71. The molecular weight excluding hydrogens is 492 g/mol. The van der Waals surface area contributed by atoms with Crippen LogP contribution in [0.1, 0.15) is 32.5 Å². The summed E-state index contributed by atoms with van der Waals surface area (Å²) in [6, 6.07) is -1.12. The molecule has 3 rings (SSSR count). The highest BCUT2D eigenvalue weighted by Gasteiger charge is 2.55. The van der Waals surface area contributed by atoms with Crippen LogP contribution in [0, 0.1) is 0 Å². The molecule has 2 aliphatic heterocycles. The molecule has 2 amide bonds. The number of carboxylic acids is 1. The Labute approximate surface area is 200 Å². The van der Waals surface area contributed by atoms with Crippen molar-refractivity contribution >= 4 is 63.9 Å². The molecule has 0 radical (unpaired) electrons. The summed E-state index contributed by atoms with van der Waals surface area (Å²) in [4.78, 5) is 71.1. The van der Waals surface area contributed by atoms with Gasteiger partial charge in [-0.25, -0.2) is 9.59 Å². The molecule has 3 heterocycles. The fourth-order valence-electron chi connectivity index (χ4n) is 3.05. The fourth-order valence-corrected chi connectivity index (χ4v) is 4.81. The quantitative estimate of drug-likeness (QED) is 0.126. The van der Waals surface area contributed by atoms with Gasteiger partial charge >= 0.3 is 17.9 Å². The Kier molecular flexibility index (Phi) is 7.83. The number of nitrogen functional groups attached to an aromatic ring is 1. The molecule has 0 aliphatic carbocycles. The highest BCUT2D eigenvalue weighted by Crippen LogP contribution is 2.40. The topological polar surface area (TPSA) is 203 Å². The molecule has 34 heavy (non-hydrogen) atoms. The van der Waals surface area contributed by atoms with Gasteiger partial charge in [-0.1, -0.05) is 12.1 Å². The second-order valence-electron chi connectivity index (χ2n) is 6.82. The van der Waals surface area contributed by atoms with Gasteiger partial charge in [-0.2, -0.15) is 9.36 Å². The summed E-state index contributed by atoms with van der Waals surface area (Å²) in [7, 11) is 0. The second kappa shape index (κ2) is 10.6. The van der Waals surface area contributed by atoms with Crippen molar-refractivity contribution in [1.82, 2.24) is 19.6 Å². The van der Waals surface area contributed by atoms with Crippen molar-refractivity contribution in [1.29, 1.82) is 0 Å². The Morgan fingerprint density at radius 2 is 2.06 bits per heavy atom. The molecule has 4 N–H and O–H groups in total. The third-order valence-corrected chi connectivity index (χ3v) is 6.34. The van der Waals surface area contributed by atoms with Gasteiger partial charge in [0.05, 0.1) is 5.57 Å². The number of anilines is 1. The number of rotatable bonds is 9. The first kappa shape index (κ1) is 25.1. The van der Waals surface area contributed by atoms with E-state index in [1.807, 2.05) is 0 Å². The molecule has 0 unspecified atom stereocenters. The summed E-state index contributed by atoms with van der Waals surface area (Å²) in [5.41, 5.74) is 4.33. The molecule has 1 saturated heterocycles. The predicted molar refractivity (Wildman–Crippen MR) is 118 cm³/mol. The van der Waals surface area contributed by atoms with E-state index in [0.717, 1.165) is 28.2 Å². The number of carbonyl (C=O) groups is 5. The van der Waals surface area contributed by atoms with E-state index in [9.17, 15) is 29.1 Å². The van der Waals surface area contributed by atoms with Crippen LogP contribution < -0.4 is 11.1 Å². The van der Waals surface area contributed by atoms with Crippen molar-refractivity contribution in [3.8, 4) is 0 Å². The van der Waals surface area contributed by atoms with Gasteiger partial charge in [0.2, 0.25) is 11.5 Å². The zero-order valence-electron chi connectivity index (χ0n) is 18.0. The van der Waals surface area contributed by atoms with Crippen LogP contribution in [0.4, 0.5) is 5.13 Å². The zero-order chi connectivity index (χ0) is 25.0. The summed E-state index contributed by atoms with van der Waals surface area (Å²) >= 11 is 1.87. The van der Waals surface area contributed by atoms with E-state index >= 15 is 0 Å². The minimum Gasteiger partial charge on any atom is -0.477 e. The SMILES string of the molecule is CCCC(=O)OC(=O)C1=C(C(=O)O)N2C(=O)[C@@H](NC(=O)/C(=N/OCC)c3nsc(N)n3)[C@H]2SC1. The number of fused-ring (bicyclic) bond motifs is 1. The number of nitrogens with one attached hydrogen (secondary N) is 1. The molecule has 1 aromatic heterocycles. The first-order valence-corrected chi connectivity index (χ1v) is 11.8. The van der Waals surface area contributed by atoms with Gasteiger partial charge in [-0.05, 0) is 13.3 Å². The van der Waals surface area contributed by atoms with Crippen molar-refractivity contribution < 1.29 is 38.7 Å². The Bertz CT molecular complexity index is 1100. The van der Waals surface area contributed by atoms with Gasteiger partial charge in [0.25, 0.3) is 11.8 Å². The maximum absolute atomic E-state index is 12.8. The number of aliphatic carboxylic acids is 1. The number of hydrogen-bond acceptors (Lipinski definition) is 13. The first-order chi connectivity index (χ1) is 16.2. The maximum Gasteiger partial charge on any atom is 0.353 e. The summed E-state index contributed by atoms with van der Waals surface area (Å²) in [5.74, 6) is -5.31. The normalized spacial score (nSPS) is 19.8. The van der Waals surface area contributed by atoms with Crippen LogP contribution in [0.25, 0.3) is 0 Å². The number of nitrogens with two attached hydrogens (primary N) is 1. The van der Waals surface area contributed by atoms with Gasteiger partial charge in [-0.15, -0.1) is 11.8 Å². The van der Waals surface area contributed by atoms with Crippen molar-refractivity contribution in [2.45, 2.75) is 38.1 Å². The predicted octanol–water partition coefficient (Wildman–Crippen LogP) is -0.531. The van der Waals surface area contributed by atoms with Crippen LogP contribution in [0.5, 0.6) is 0 Å². The Morgan fingerprint density at radius 1 is 1.32 bits per heavy atom. The molecule has 182 valence electrons. The first-order valence-electron chi connectivity index (χ1n) is 9.96. The van der Waals surface area contributed by atoms with Gasteiger partial charge in [0.1, 0.15) is 23.7 Å². The third kappa shape index (κ3) is 5.01. The lowest BCUT2D eigenvalue weighted by atomic mass is 10.0. The average molecular weight is 513 g/mol. The number of carbonyl (C=O) groups excluding carboxylic acids is 4. The van der Waals surface area contributed by atoms with Crippen molar-refractivity contribution in [3.05, 3.63) is 17.1 Å². The minimum absolute atomic E-state index is 0.0148. The lowest BCUT2D eigenvalue weighted by molar-refractivity contribution is -0.158. The van der Waals surface area contributed by atoms with Crippen LogP contribution in [0.15, 0.2) is 16.4 Å². The molecule has 0 spiro atoms. The zero-order valence-corrected chi connectivity index (χ0v) is 19.6. The molecule has 1 aromatic rings. The summed E-state index contributed by atoms with van der Waals surface area (Å²) < 4.78 is 8.60. The summed E-state index contributed by atoms with van der Waals surface area (Å²) in [6.07, 6.45) is 0.427. The number of carboxylic acid groups (broad SMARTS) is 1. The van der Waals surface area contributed by atoms with E-state index in [0.29, 0.717) is 6.42 Å². The van der Waals surface area contributed by atoms with E-state index < -0.39 is 46.8 Å². The Hall–Kier alpha value is -3.53. The van der Waals surface area contributed by atoms with Crippen LogP contribution >= 0.6 is 23.3 Å². The molecular formula is C18H20N6O8S2. The average Bonchev–Trinajstić information content (AvgIpc) is 3.22. The fraction of sp³-hybridized carbons (Fsp3) is 0.444. The van der Waals surface area contributed by atoms with E-state index in [1.165, 1.54) is 0 Å². The number of β-lactam (4-membered cyclic amide) rings is 1. The highest BCUT2D eigenvalue weighted by molar-refractivity contribution is 8.00. The lowest BCUT2D eigenvalue weighted by Gasteiger charge is -2.49. The number of ether oxygens (including phenoxy) is 1. The Morgan fingerprint density at radius 3 is 2.65 bits per heavy atom. The molecule has 0 aromatic carbocycles. The Balaban J connectivity index is 1.79. The van der Waals surface area contributed by atoms with Gasteiger partial charge < -0.3 is 25.7 Å². The minimum atomic E-state index is -1.54. The van der Waals surface area contributed by atoms with Gasteiger partial charge in [0, 0.05) is 23.7 Å². The number of thioether (sulfide) groups is 1. The van der Waals surface area contributed by atoms with Crippen LogP contribution in [-0.2, 0) is 33.5 Å². The molecule has 16 heteroatoms. The lowest BCUT2D eigenvalue weighted by Crippen LogP contribution is -2.71. The standard InChI is InChI=1S/C18H20N6O8S2/c1-3-5-8(25)32-17(30)7-6-33-15-10(14(27)24(15)11(7)16(28)29)20-13(26)9(22-31-4-2)12-21-18(19)34-23-12/h10,15H,3-6H2,1-2H3,(H,20,26)(H,28,29)(H2,19,21,23)/b22-9+/t10-,15-/m1/s1. The van der Waals surface area contributed by atoms with E-state index in [-0.39, 0.29) is 41.0 Å². The number of nitrogens with zero attached hydrogens (tertiary/aromatic N) is 4. The molecule has 0 bridgehead atoms. The van der Waals surface area contributed by atoms with Gasteiger partial charge in [0.15, 0.2) is 5.13 Å².